The fourth-order valence-electron chi connectivity index (χ4n) is 2.11. The third-order valence-corrected chi connectivity index (χ3v) is 3.39. The number of nitrogens with zero attached hydrogens (tertiary/aromatic N) is 2. The Kier molecular flexibility index (Phi) is 4.32. The molecule has 1 aromatic rings. The normalized spacial score (nSPS) is 14.1. The molecule has 0 heterocycles. The zero-order valence-corrected chi connectivity index (χ0v) is 11.3. The summed E-state index contributed by atoms with van der Waals surface area (Å²) < 4.78 is 13.8. The highest BCUT2D eigenvalue weighted by Crippen LogP contribution is 2.29. The molecule has 0 bridgehead atoms. The minimum absolute atomic E-state index is 0.160. The molecular formula is C14H17FN2O3. The molecular weight excluding hydrogens is 263 g/mol. The molecule has 0 aliphatic heterocycles. The van der Waals surface area contributed by atoms with E-state index in [2.05, 4.69) is 0 Å². The molecule has 0 radical (unpaired) electrons. The van der Waals surface area contributed by atoms with Crippen molar-refractivity contribution in [3.05, 3.63) is 39.7 Å². The number of benzene rings is 1. The average molecular weight is 280 g/mol. The highest BCUT2D eigenvalue weighted by Gasteiger charge is 2.34. The Bertz CT molecular complexity index is 529. The molecule has 1 aromatic carbocycles. The zero-order chi connectivity index (χ0) is 14.7. The number of carbonyl (C=O) groups is 1. The predicted octanol–water partition coefficient (Wildman–Crippen LogP) is 3.14. The third-order valence-electron chi connectivity index (χ3n) is 3.39. The average Bonchev–Trinajstić information content (AvgIpc) is 3.23. The second kappa shape index (κ2) is 5.98. The number of unbranched alkanes of at least 4 members (excludes halogenated alkanes) is 1. The molecule has 0 unspecified atom stereocenters. The van der Waals surface area contributed by atoms with Crippen molar-refractivity contribution in [2.75, 3.05) is 6.54 Å². The topological polar surface area (TPSA) is 63.5 Å². The molecule has 108 valence electrons. The number of carbonyl (C=O) groups excluding carboxylic acids is 1. The number of amides is 1. The molecule has 20 heavy (non-hydrogen) atoms. The number of hydrogen-bond donors (Lipinski definition) is 0. The van der Waals surface area contributed by atoms with Gasteiger partial charge in [-0.2, -0.15) is 0 Å². The summed E-state index contributed by atoms with van der Waals surface area (Å²) in [4.78, 5) is 24.1. The Balaban J connectivity index is 2.25. The number of halogens is 1. The minimum atomic E-state index is -0.706. The van der Waals surface area contributed by atoms with Crippen molar-refractivity contribution in [3.63, 3.8) is 0 Å². The van der Waals surface area contributed by atoms with E-state index in [4.69, 9.17) is 0 Å². The van der Waals surface area contributed by atoms with Gasteiger partial charge in [-0.05, 0) is 25.3 Å². The Morgan fingerprint density at radius 3 is 2.75 bits per heavy atom. The second-order valence-corrected chi connectivity index (χ2v) is 5.00. The fraction of sp³-hybridized carbons (Fsp3) is 0.500. The van der Waals surface area contributed by atoms with Crippen LogP contribution in [0.4, 0.5) is 10.1 Å². The molecule has 6 heteroatoms. The lowest BCUT2D eigenvalue weighted by Crippen LogP contribution is -2.34. The van der Waals surface area contributed by atoms with Crippen LogP contribution in [-0.2, 0) is 0 Å². The maximum absolute atomic E-state index is 13.8. The maximum Gasteiger partial charge on any atom is 0.270 e. The third kappa shape index (κ3) is 3.12. The van der Waals surface area contributed by atoms with E-state index in [0.717, 1.165) is 43.9 Å². The molecule has 0 N–H and O–H groups in total. The SMILES string of the molecule is CCCCN(C(=O)c1cc([N+](=O)[O-])ccc1F)C1CC1. The molecule has 0 spiro atoms. The number of nitro groups is 1. The number of non-ortho nitro benzene ring substituents is 1. The Morgan fingerprint density at radius 1 is 1.50 bits per heavy atom. The largest absolute Gasteiger partial charge is 0.336 e. The molecule has 5 nitrogen and oxygen atoms in total. The van der Waals surface area contributed by atoms with Gasteiger partial charge < -0.3 is 4.90 Å². The molecule has 0 aromatic heterocycles. The van der Waals surface area contributed by atoms with Gasteiger partial charge in [0.05, 0.1) is 10.5 Å². The number of nitro benzene ring substituents is 1. The van der Waals surface area contributed by atoms with Gasteiger partial charge in [0, 0.05) is 24.7 Å². The molecule has 2 rings (SSSR count). The Morgan fingerprint density at radius 2 is 2.20 bits per heavy atom. The maximum atomic E-state index is 13.8. The molecule has 1 amide bonds. The van der Waals surface area contributed by atoms with E-state index in [0.29, 0.717) is 6.54 Å². The van der Waals surface area contributed by atoms with Crippen molar-refractivity contribution in [2.45, 2.75) is 38.6 Å². The van der Waals surface area contributed by atoms with Crippen molar-refractivity contribution >= 4 is 11.6 Å². The number of rotatable bonds is 6. The summed E-state index contributed by atoms with van der Waals surface area (Å²) in [5, 5.41) is 10.7. The standard InChI is InChI=1S/C14H17FN2O3/c1-2-3-8-16(10-4-5-10)14(18)12-9-11(17(19)20)6-7-13(12)15/h6-7,9-10H,2-5,8H2,1H3. The van der Waals surface area contributed by atoms with Crippen molar-refractivity contribution in [3.8, 4) is 0 Å². The first kappa shape index (κ1) is 14.4. The van der Waals surface area contributed by atoms with Crippen LogP contribution in [0.1, 0.15) is 43.0 Å². The van der Waals surface area contributed by atoms with Gasteiger partial charge in [-0.25, -0.2) is 4.39 Å². The van der Waals surface area contributed by atoms with Crippen LogP contribution in [0, 0.1) is 15.9 Å². The zero-order valence-electron chi connectivity index (χ0n) is 11.3. The lowest BCUT2D eigenvalue weighted by molar-refractivity contribution is -0.384. The summed E-state index contributed by atoms with van der Waals surface area (Å²) in [7, 11) is 0. The van der Waals surface area contributed by atoms with Crippen LogP contribution in [-0.4, -0.2) is 28.3 Å². The summed E-state index contributed by atoms with van der Waals surface area (Å²) in [5.41, 5.74) is -0.469. The summed E-state index contributed by atoms with van der Waals surface area (Å²) in [6.07, 6.45) is 3.63. The quantitative estimate of drug-likeness (QED) is 0.594. The minimum Gasteiger partial charge on any atom is -0.336 e. The van der Waals surface area contributed by atoms with E-state index < -0.39 is 16.6 Å². The van der Waals surface area contributed by atoms with E-state index in [1.54, 1.807) is 4.90 Å². The van der Waals surface area contributed by atoms with Gasteiger partial charge in [0.1, 0.15) is 5.82 Å². The number of hydrogen-bond acceptors (Lipinski definition) is 3. The van der Waals surface area contributed by atoms with Gasteiger partial charge in [-0.15, -0.1) is 0 Å². The van der Waals surface area contributed by atoms with Crippen LogP contribution in [0.5, 0.6) is 0 Å². The first-order chi connectivity index (χ1) is 9.54. The van der Waals surface area contributed by atoms with Crippen LogP contribution < -0.4 is 0 Å². The molecule has 1 fully saturated rings. The Labute approximate surface area is 116 Å². The van der Waals surface area contributed by atoms with Gasteiger partial charge >= 0.3 is 0 Å². The lowest BCUT2D eigenvalue weighted by atomic mass is 10.1. The summed E-state index contributed by atoms with van der Waals surface area (Å²) in [6, 6.07) is 3.24. The molecule has 0 saturated heterocycles. The highest BCUT2D eigenvalue weighted by atomic mass is 19.1. The van der Waals surface area contributed by atoms with E-state index in [9.17, 15) is 19.3 Å². The lowest BCUT2D eigenvalue weighted by Gasteiger charge is -2.22. The summed E-state index contributed by atoms with van der Waals surface area (Å²) in [6.45, 7) is 2.59. The first-order valence-corrected chi connectivity index (χ1v) is 6.79. The van der Waals surface area contributed by atoms with Crippen LogP contribution in [0.3, 0.4) is 0 Å². The second-order valence-electron chi connectivity index (χ2n) is 5.00. The molecule has 1 saturated carbocycles. The highest BCUT2D eigenvalue weighted by molar-refractivity contribution is 5.95. The van der Waals surface area contributed by atoms with Crippen LogP contribution in [0.2, 0.25) is 0 Å². The summed E-state index contributed by atoms with van der Waals surface area (Å²) >= 11 is 0. The monoisotopic (exact) mass is 280 g/mol. The van der Waals surface area contributed by atoms with Crippen molar-refractivity contribution < 1.29 is 14.1 Å². The van der Waals surface area contributed by atoms with E-state index in [-0.39, 0.29) is 17.3 Å². The molecule has 1 aliphatic rings. The molecule has 0 atom stereocenters. The summed E-state index contributed by atoms with van der Waals surface area (Å²) in [5.74, 6) is -1.15. The van der Waals surface area contributed by atoms with Gasteiger partial charge in [-0.1, -0.05) is 13.3 Å². The van der Waals surface area contributed by atoms with Crippen molar-refractivity contribution in [1.82, 2.24) is 4.90 Å². The van der Waals surface area contributed by atoms with Crippen LogP contribution in [0.25, 0.3) is 0 Å². The van der Waals surface area contributed by atoms with E-state index >= 15 is 0 Å². The van der Waals surface area contributed by atoms with Crippen molar-refractivity contribution in [1.29, 1.82) is 0 Å². The van der Waals surface area contributed by atoms with Gasteiger partial charge in [0.15, 0.2) is 0 Å². The first-order valence-electron chi connectivity index (χ1n) is 6.79. The van der Waals surface area contributed by atoms with Crippen molar-refractivity contribution in [2.24, 2.45) is 0 Å². The van der Waals surface area contributed by atoms with Gasteiger partial charge in [0.25, 0.3) is 11.6 Å². The Hall–Kier alpha value is -1.98. The predicted molar refractivity (Wildman–Crippen MR) is 72.0 cm³/mol. The fourth-order valence-corrected chi connectivity index (χ4v) is 2.11. The smallest absolute Gasteiger partial charge is 0.270 e. The van der Waals surface area contributed by atoms with Crippen LogP contribution >= 0.6 is 0 Å². The van der Waals surface area contributed by atoms with Gasteiger partial charge in [-0.3, -0.25) is 14.9 Å². The van der Waals surface area contributed by atoms with E-state index in [1.165, 1.54) is 0 Å². The van der Waals surface area contributed by atoms with Gasteiger partial charge in [0.2, 0.25) is 0 Å². The molecule has 1 aliphatic carbocycles. The van der Waals surface area contributed by atoms with Crippen LogP contribution in [0.15, 0.2) is 18.2 Å². The van der Waals surface area contributed by atoms with E-state index in [1.807, 2.05) is 6.92 Å².